The molecule has 2 aromatic heterocycles. The largest absolute Gasteiger partial charge is 0.446 e. The van der Waals surface area contributed by atoms with Crippen LogP contribution in [0, 0.1) is 0 Å². The minimum absolute atomic E-state index is 0.0318. The van der Waals surface area contributed by atoms with Crippen molar-refractivity contribution in [3.63, 3.8) is 0 Å². The van der Waals surface area contributed by atoms with E-state index in [4.69, 9.17) is 0 Å². The Labute approximate surface area is 181 Å². The summed E-state index contributed by atoms with van der Waals surface area (Å²) < 4.78 is 89.4. The fourth-order valence-corrected chi connectivity index (χ4v) is 5.30. The Morgan fingerprint density at radius 1 is 0.968 bits per heavy atom. The molecule has 0 aliphatic carbocycles. The Morgan fingerprint density at radius 2 is 1.61 bits per heavy atom. The van der Waals surface area contributed by atoms with Gasteiger partial charge in [-0.3, -0.25) is 0 Å². The van der Waals surface area contributed by atoms with Crippen molar-refractivity contribution in [2.24, 2.45) is 7.05 Å². The molecule has 1 aromatic carbocycles. The highest BCUT2D eigenvalue weighted by Gasteiger charge is 2.30. The third-order valence-corrected chi connectivity index (χ3v) is 8.65. The minimum Gasteiger partial charge on any atom is -0.326 e. The van der Waals surface area contributed by atoms with E-state index >= 15 is 0 Å². The van der Waals surface area contributed by atoms with Crippen molar-refractivity contribution in [2.75, 3.05) is 11.5 Å². The number of aryl methyl sites for hydroxylation is 1. The number of halogens is 3. The summed E-state index contributed by atoms with van der Waals surface area (Å²) in [7, 11) is -5.99. The van der Waals surface area contributed by atoms with E-state index in [0.717, 1.165) is 6.07 Å². The third kappa shape index (κ3) is 4.72. The summed E-state index contributed by atoms with van der Waals surface area (Å²) in [5.41, 5.74) is -4.01. The molecule has 0 saturated carbocycles. The second-order valence-corrected chi connectivity index (χ2v) is 12.1. The summed E-state index contributed by atoms with van der Waals surface area (Å²) in [5.74, 6) is -0.457. The number of thioether (sulfide) groups is 1. The summed E-state index contributed by atoms with van der Waals surface area (Å²) >= 11 is -0.294. The van der Waals surface area contributed by atoms with Crippen LogP contribution in [-0.4, -0.2) is 48.4 Å². The number of nitrogens with zero attached hydrogens (tertiary/aromatic N) is 3. The molecule has 0 fully saturated rings. The first-order valence-corrected chi connectivity index (χ1v) is 13.1. The molecule has 0 N–H and O–H groups in total. The molecule has 31 heavy (non-hydrogen) atoms. The average Bonchev–Trinajstić information content (AvgIpc) is 3.02. The van der Waals surface area contributed by atoms with Crippen LogP contribution in [0.5, 0.6) is 0 Å². The highest BCUT2D eigenvalue weighted by atomic mass is 32.2. The molecule has 0 aliphatic heterocycles. The molecule has 0 radical (unpaired) electrons. The zero-order valence-corrected chi connectivity index (χ0v) is 19.1. The normalized spacial score (nSPS) is 13.1. The number of benzene rings is 1. The van der Waals surface area contributed by atoms with Crippen LogP contribution in [0.4, 0.5) is 13.2 Å². The predicted octanol–water partition coefficient (Wildman–Crippen LogP) is 3.83. The molecule has 7 nitrogen and oxygen atoms in total. The van der Waals surface area contributed by atoms with Crippen LogP contribution < -0.4 is 0 Å². The maximum absolute atomic E-state index is 12.7. The molecule has 0 saturated heterocycles. The van der Waals surface area contributed by atoms with Gasteiger partial charge in [-0.25, -0.2) is 26.8 Å². The monoisotopic (exact) mass is 493 g/mol. The first kappa shape index (κ1) is 23.5. The van der Waals surface area contributed by atoms with Gasteiger partial charge in [0.25, 0.3) is 0 Å². The number of imidazole rings is 1. The topological polar surface area (TPSA) is 99.0 Å². The molecule has 168 valence electrons. The van der Waals surface area contributed by atoms with E-state index in [2.05, 4.69) is 9.97 Å². The van der Waals surface area contributed by atoms with Gasteiger partial charge in [0.1, 0.15) is 5.69 Å². The smallest absolute Gasteiger partial charge is 0.326 e. The van der Waals surface area contributed by atoms with Crippen molar-refractivity contribution in [1.82, 2.24) is 14.5 Å². The summed E-state index contributed by atoms with van der Waals surface area (Å²) in [6.45, 7) is 2.87. The van der Waals surface area contributed by atoms with Crippen molar-refractivity contribution in [3.05, 3.63) is 30.3 Å². The van der Waals surface area contributed by atoms with Crippen LogP contribution in [0.15, 0.2) is 45.1 Å². The Kier molecular flexibility index (Phi) is 6.15. The highest BCUT2D eigenvalue weighted by molar-refractivity contribution is 8.00. The van der Waals surface area contributed by atoms with Gasteiger partial charge in [0.05, 0.1) is 27.4 Å². The predicted molar refractivity (Wildman–Crippen MR) is 111 cm³/mol. The molecule has 3 rings (SSSR count). The van der Waals surface area contributed by atoms with Gasteiger partial charge in [0.15, 0.2) is 30.5 Å². The van der Waals surface area contributed by atoms with Gasteiger partial charge >= 0.3 is 5.51 Å². The molecule has 2 heterocycles. The summed E-state index contributed by atoms with van der Waals surface area (Å²) in [5, 5.41) is -0.305. The van der Waals surface area contributed by atoms with E-state index in [1.165, 1.54) is 42.7 Å². The van der Waals surface area contributed by atoms with Crippen LogP contribution in [-0.2, 0) is 26.7 Å². The summed E-state index contributed by atoms with van der Waals surface area (Å²) in [6.07, 6.45) is 0. The molecule has 0 aliphatic rings. The van der Waals surface area contributed by atoms with Gasteiger partial charge < -0.3 is 4.57 Å². The number of pyridine rings is 1. The number of sulfone groups is 2. The second-order valence-electron chi connectivity index (χ2n) is 6.50. The summed E-state index contributed by atoms with van der Waals surface area (Å²) in [6, 6.07) is 6.25. The van der Waals surface area contributed by atoms with Crippen LogP contribution >= 0.6 is 11.8 Å². The number of alkyl halides is 3. The highest BCUT2D eigenvalue weighted by Crippen LogP contribution is 2.38. The maximum Gasteiger partial charge on any atom is 0.446 e. The molecule has 13 heteroatoms. The van der Waals surface area contributed by atoms with Gasteiger partial charge in [0.2, 0.25) is 0 Å². The minimum atomic E-state index is -4.47. The molecule has 0 spiro atoms. The fourth-order valence-electron chi connectivity index (χ4n) is 2.90. The first-order valence-electron chi connectivity index (χ1n) is 8.98. The zero-order valence-electron chi connectivity index (χ0n) is 16.6. The number of aromatic nitrogens is 3. The van der Waals surface area contributed by atoms with E-state index < -0.39 is 25.2 Å². The fraction of sp³-hybridized carbons (Fsp3) is 0.333. The summed E-state index contributed by atoms with van der Waals surface area (Å²) in [4.78, 5) is 8.11. The van der Waals surface area contributed by atoms with E-state index in [-0.39, 0.29) is 55.1 Å². The third-order valence-electron chi connectivity index (χ3n) is 4.54. The number of hydrogen-bond acceptors (Lipinski definition) is 7. The number of rotatable bonds is 6. The van der Waals surface area contributed by atoms with E-state index in [0.29, 0.717) is 5.52 Å². The van der Waals surface area contributed by atoms with Crippen LogP contribution in [0.25, 0.3) is 22.6 Å². The SMILES string of the molecule is CCS(=O)(=O)c1ccc(S(=O)(=O)CC)c(-c2nc3cc(SC(F)(F)F)ccc3n2C)n1. The van der Waals surface area contributed by atoms with E-state index in [1.807, 2.05) is 0 Å². The lowest BCUT2D eigenvalue weighted by Gasteiger charge is -2.11. The van der Waals surface area contributed by atoms with Gasteiger partial charge in [-0.15, -0.1) is 0 Å². The Bertz CT molecular complexity index is 1360. The lowest BCUT2D eigenvalue weighted by Crippen LogP contribution is -2.12. The number of hydrogen-bond donors (Lipinski definition) is 0. The molecule has 0 unspecified atom stereocenters. The van der Waals surface area contributed by atoms with Crippen molar-refractivity contribution in [2.45, 2.75) is 34.2 Å². The molecule has 0 atom stereocenters. The second kappa shape index (κ2) is 8.10. The van der Waals surface area contributed by atoms with E-state index in [9.17, 15) is 30.0 Å². The molecule has 3 aromatic rings. The van der Waals surface area contributed by atoms with Crippen LogP contribution in [0.3, 0.4) is 0 Å². The average molecular weight is 494 g/mol. The molecular formula is C18H18F3N3O4S3. The lowest BCUT2D eigenvalue weighted by atomic mass is 10.3. The zero-order chi connectivity index (χ0) is 23.2. The van der Waals surface area contributed by atoms with Gasteiger partial charge in [-0.1, -0.05) is 13.8 Å². The van der Waals surface area contributed by atoms with Gasteiger partial charge in [-0.05, 0) is 42.1 Å². The molecular weight excluding hydrogens is 475 g/mol. The van der Waals surface area contributed by atoms with Crippen molar-refractivity contribution in [3.8, 4) is 11.5 Å². The first-order chi connectivity index (χ1) is 14.3. The van der Waals surface area contributed by atoms with Crippen LogP contribution in [0.1, 0.15) is 13.8 Å². The van der Waals surface area contributed by atoms with Crippen molar-refractivity contribution >= 4 is 42.5 Å². The maximum atomic E-state index is 12.7. The quantitative estimate of drug-likeness (QED) is 0.481. The lowest BCUT2D eigenvalue weighted by molar-refractivity contribution is -0.0328. The molecule has 0 bridgehead atoms. The van der Waals surface area contributed by atoms with Crippen molar-refractivity contribution in [1.29, 1.82) is 0 Å². The Hall–Kier alpha value is -2.12. The van der Waals surface area contributed by atoms with E-state index in [1.54, 1.807) is 7.05 Å². The van der Waals surface area contributed by atoms with Gasteiger partial charge in [-0.2, -0.15) is 13.2 Å². The standard InChI is InChI=1S/C18H18F3N3O4S3/c1-4-30(25,26)14-8-9-15(31(27,28)5-2)23-16(14)17-22-12-10-11(29-18(19,20)21)6-7-13(12)24(17)3/h6-10H,4-5H2,1-3H3. The molecule has 0 amide bonds. The number of fused-ring (bicyclic) bond motifs is 1. The Balaban J connectivity index is 2.29. The van der Waals surface area contributed by atoms with Crippen LogP contribution in [0.2, 0.25) is 0 Å². The van der Waals surface area contributed by atoms with Gasteiger partial charge in [0, 0.05) is 11.9 Å². The van der Waals surface area contributed by atoms with Crippen molar-refractivity contribution < 1.29 is 30.0 Å². The Morgan fingerprint density at radius 3 is 2.19 bits per heavy atom.